The molecule has 0 aromatic heterocycles. The number of nitrogens with two attached hydrogens (primary N) is 1. The number of nitrogens with one attached hydrogen (secondary N) is 1. The highest BCUT2D eigenvalue weighted by Gasteiger charge is 2.21. The van der Waals surface area contributed by atoms with Crippen LogP contribution in [-0.2, 0) is 4.84 Å². The highest BCUT2D eigenvalue weighted by atomic mass is 17.0. The Morgan fingerprint density at radius 3 is 2.17 bits per heavy atom. The second-order valence-electron chi connectivity index (χ2n) is 5.64. The zero-order valence-corrected chi connectivity index (χ0v) is 13.0. The molecule has 1 heterocycles. The van der Waals surface area contributed by atoms with Gasteiger partial charge in [0.1, 0.15) is 6.10 Å². The van der Waals surface area contributed by atoms with Gasteiger partial charge in [0.25, 0.3) is 5.09 Å². The molecule has 0 unspecified atom stereocenters. The van der Waals surface area contributed by atoms with E-state index in [-0.39, 0.29) is 12.1 Å². The van der Waals surface area contributed by atoms with Gasteiger partial charge in [-0.15, -0.1) is 10.1 Å². The molecule has 23 heavy (non-hydrogen) atoms. The minimum atomic E-state index is -1.02. The van der Waals surface area contributed by atoms with Crippen LogP contribution in [-0.4, -0.2) is 52.5 Å². The average molecular weight is 332 g/mol. The number of carboxylic acid groups (broad SMARTS) is 1. The first-order valence-corrected chi connectivity index (χ1v) is 7.73. The van der Waals surface area contributed by atoms with Crippen molar-refractivity contribution in [1.82, 2.24) is 10.2 Å². The molecule has 2 aliphatic rings. The first-order valence-electron chi connectivity index (χ1n) is 7.73. The van der Waals surface area contributed by atoms with E-state index in [0.29, 0.717) is 25.9 Å². The molecule has 132 valence electrons. The smallest absolute Gasteiger partial charge is 0.404 e. The van der Waals surface area contributed by atoms with Crippen LogP contribution in [0.25, 0.3) is 0 Å². The molecule has 0 atom stereocenters. The topological polar surface area (TPSA) is 148 Å². The van der Waals surface area contributed by atoms with Crippen LogP contribution in [0.3, 0.4) is 0 Å². The molecule has 0 aromatic rings. The van der Waals surface area contributed by atoms with Crippen LogP contribution in [0.15, 0.2) is 0 Å². The monoisotopic (exact) mass is 332 g/mol. The summed E-state index contributed by atoms with van der Waals surface area (Å²) < 4.78 is 0. The van der Waals surface area contributed by atoms with E-state index >= 15 is 0 Å². The van der Waals surface area contributed by atoms with Crippen molar-refractivity contribution in [2.45, 2.75) is 57.1 Å². The number of urea groups is 1. The Morgan fingerprint density at radius 2 is 1.74 bits per heavy atom. The molecule has 4 N–H and O–H groups in total. The molecule has 1 aliphatic heterocycles. The Kier molecular flexibility index (Phi) is 7.92. The molecule has 0 bridgehead atoms. The molecule has 10 nitrogen and oxygen atoms in total. The van der Waals surface area contributed by atoms with Crippen LogP contribution in [0, 0.1) is 10.1 Å². The van der Waals surface area contributed by atoms with Crippen molar-refractivity contribution in [3.8, 4) is 0 Å². The van der Waals surface area contributed by atoms with E-state index < -0.39 is 17.2 Å². The van der Waals surface area contributed by atoms with E-state index in [4.69, 9.17) is 10.8 Å². The lowest BCUT2D eigenvalue weighted by Crippen LogP contribution is -2.47. The minimum Gasteiger partial charge on any atom is -0.465 e. The van der Waals surface area contributed by atoms with Gasteiger partial charge in [0.2, 0.25) is 0 Å². The van der Waals surface area contributed by atoms with Gasteiger partial charge < -0.3 is 25.9 Å². The fourth-order valence-corrected chi connectivity index (χ4v) is 2.71. The maximum atomic E-state index is 10.7. The lowest BCUT2D eigenvalue weighted by atomic mass is 9.98. The fraction of sp³-hybridized carbons (Fsp3) is 0.846. The van der Waals surface area contributed by atoms with Crippen molar-refractivity contribution in [2.24, 2.45) is 5.73 Å². The number of likely N-dealkylation sites (tertiary alicyclic amines) is 1. The first-order chi connectivity index (χ1) is 10.9. The number of rotatable bonds is 3. The van der Waals surface area contributed by atoms with Gasteiger partial charge in [0.05, 0.1) is 0 Å². The summed E-state index contributed by atoms with van der Waals surface area (Å²) in [6.45, 7) is 1.06. The summed E-state index contributed by atoms with van der Waals surface area (Å²) in [7, 11) is 0. The zero-order chi connectivity index (χ0) is 17.2. The van der Waals surface area contributed by atoms with Crippen LogP contribution in [0.1, 0.15) is 44.9 Å². The molecule has 2 rings (SSSR count). The third-order valence-electron chi connectivity index (χ3n) is 3.92. The van der Waals surface area contributed by atoms with Gasteiger partial charge in [-0.1, -0.05) is 19.3 Å². The van der Waals surface area contributed by atoms with Crippen molar-refractivity contribution in [3.05, 3.63) is 10.1 Å². The standard InChI is InChI=1S/C7H13N3O3.C6H11NO3/c8-6(11)10-3-1-5(2-4-10)9-7(12)13;8-7(9)10-6-4-2-1-3-5-6/h5,9H,1-4H2,(H2,8,11)(H,12,13);6H,1-5H2. The zero-order valence-electron chi connectivity index (χ0n) is 13.0. The largest absolute Gasteiger partial charge is 0.465 e. The van der Waals surface area contributed by atoms with Crippen LogP contribution < -0.4 is 11.1 Å². The van der Waals surface area contributed by atoms with Crippen molar-refractivity contribution >= 4 is 12.1 Å². The number of primary amides is 1. The second-order valence-corrected chi connectivity index (χ2v) is 5.64. The summed E-state index contributed by atoms with van der Waals surface area (Å²) in [5.41, 5.74) is 5.06. The van der Waals surface area contributed by atoms with Crippen molar-refractivity contribution in [2.75, 3.05) is 13.1 Å². The van der Waals surface area contributed by atoms with E-state index in [2.05, 4.69) is 10.2 Å². The van der Waals surface area contributed by atoms with E-state index in [1.807, 2.05) is 0 Å². The second kappa shape index (κ2) is 9.70. The lowest BCUT2D eigenvalue weighted by Gasteiger charge is -2.30. The van der Waals surface area contributed by atoms with E-state index in [9.17, 15) is 19.7 Å². The number of carbonyl (C=O) groups is 2. The summed E-state index contributed by atoms with van der Waals surface area (Å²) in [5.74, 6) is 0. The summed E-state index contributed by atoms with van der Waals surface area (Å²) in [6, 6.07) is -0.484. The van der Waals surface area contributed by atoms with Gasteiger partial charge in [-0.2, -0.15) is 0 Å². The van der Waals surface area contributed by atoms with Crippen LogP contribution in [0.4, 0.5) is 9.59 Å². The van der Waals surface area contributed by atoms with Gasteiger partial charge in [-0.3, -0.25) is 0 Å². The minimum absolute atomic E-state index is 0.0481. The molecule has 0 radical (unpaired) electrons. The third-order valence-corrected chi connectivity index (χ3v) is 3.92. The van der Waals surface area contributed by atoms with Gasteiger partial charge in [0.15, 0.2) is 0 Å². The number of carbonyl (C=O) groups excluding carboxylic acids is 1. The maximum absolute atomic E-state index is 10.7. The van der Waals surface area contributed by atoms with E-state index in [1.165, 1.54) is 11.3 Å². The van der Waals surface area contributed by atoms with Crippen LogP contribution >= 0.6 is 0 Å². The summed E-state index contributed by atoms with van der Waals surface area (Å²) in [4.78, 5) is 36.7. The third kappa shape index (κ3) is 8.07. The molecule has 2 fully saturated rings. The lowest BCUT2D eigenvalue weighted by molar-refractivity contribution is -0.769. The number of nitrogens with zero attached hydrogens (tertiary/aromatic N) is 2. The molecule has 0 aromatic carbocycles. The number of amides is 3. The highest BCUT2D eigenvalue weighted by Crippen LogP contribution is 2.19. The van der Waals surface area contributed by atoms with Crippen molar-refractivity contribution in [1.29, 1.82) is 0 Å². The van der Waals surface area contributed by atoms with Gasteiger partial charge >= 0.3 is 12.1 Å². The molecule has 0 spiro atoms. The summed E-state index contributed by atoms with van der Waals surface area (Å²) in [6.07, 6.45) is 5.15. The predicted octanol–water partition coefficient (Wildman–Crippen LogP) is 1.32. The number of piperidine rings is 1. The first kappa shape index (κ1) is 18.8. The normalized spacial score (nSPS) is 19.2. The molecule has 1 saturated carbocycles. The SMILES string of the molecule is NC(=O)N1CCC(NC(=O)O)CC1.O=[N+]([O-])OC1CCCCC1. The molecule has 1 aliphatic carbocycles. The Morgan fingerprint density at radius 1 is 1.17 bits per heavy atom. The number of hydrogen-bond donors (Lipinski definition) is 3. The molecule has 3 amide bonds. The van der Waals surface area contributed by atoms with Gasteiger partial charge in [-0.25, -0.2) is 9.59 Å². The summed E-state index contributed by atoms with van der Waals surface area (Å²) >= 11 is 0. The van der Waals surface area contributed by atoms with E-state index in [1.54, 1.807) is 0 Å². The Balaban J connectivity index is 0.000000238. The molecule has 10 heteroatoms. The van der Waals surface area contributed by atoms with Crippen LogP contribution in [0.5, 0.6) is 0 Å². The Labute approximate surface area is 134 Å². The van der Waals surface area contributed by atoms with Crippen molar-refractivity contribution in [3.63, 3.8) is 0 Å². The Hall–Kier alpha value is -2.26. The number of hydrogen-bond acceptors (Lipinski definition) is 5. The molecule has 1 saturated heterocycles. The van der Waals surface area contributed by atoms with Crippen LogP contribution in [0.2, 0.25) is 0 Å². The average Bonchev–Trinajstić information content (AvgIpc) is 2.48. The summed E-state index contributed by atoms with van der Waals surface area (Å²) in [5, 5.41) is 20.0. The quantitative estimate of drug-likeness (QED) is 0.524. The molecular formula is C13H24N4O6. The Bertz CT molecular complexity index is 405. The van der Waals surface area contributed by atoms with Gasteiger partial charge in [-0.05, 0) is 25.7 Å². The highest BCUT2D eigenvalue weighted by molar-refractivity contribution is 5.72. The van der Waals surface area contributed by atoms with E-state index in [0.717, 1.165) is 25.7 Å². The molecular weight excluding hydrogens is 308 g/mol. The predicted molar refractivity (Wildman–Crippen MR) is 80.3 cm³/mol. The van der Waals surface area contributed by atoms with Crippen molar-refractivity contribution < 1.29 is 24.6 Å². The maximum Gasteiger partial charge on any atom is 0.404 e. The van der Waals surface area contributed by atoms with Gasteiger partial charge in [0, 0.05) is 19.1 Å². The fourth-order valence-electron chi connectivity index (χ4n) is 2.71.